The van der Waals surface area contributed by atoms with Crippen molar-refractivity contribution < 1.29 is 23.8 Å². The van der Waals surface area contributed by atoms with E-state index in [1.165, 1.54) is 6.26 Å². The molecule has 92 valence electrons. The molecule has 1 saturated heterocycles. The zero-order valence-electron chi connectivity index (χ0n) is 9.17. The minimum Gasteiger partial charge on any atom is -0.479 e. The first-order valence-corrected chi connectivity index (χ1v) is 5.17. The summed E-state index contributed by atoms with van der Waals surface area (Å²) in [5, 5.41) is 11.1. The number of aryl methyl sites for hydroxylation is 1. The number of nitrogens with one attached hydrogen (secondary N) is 1. The van der Waals surface area contributed by atoms with Gasteiger partial charge in [0.1, 0.15) is 12.4 Å². The van der Waals surface area contributed by atoms with Crippen LogP contribution in [-0.4, -0.2) is 34.2 Å². The summed E-state index contributed by atoms with van der Waals surface area (Å²) in [5.74, 6) is -1.48. The molecule has 1 aliphatic heterocycles. The van der Waals surface area contributed by atoms with Crippen LogP contribution in [0.3, 0.4) is 0 Å². The van der Waals surface area contributed by atoms with E-state index in [0.29, 0.717) is 18.5 Å². The summed E-state index contributed by atoms with van der Waals surface area (Å²) in [5.41, 5.74) is 0.649. The summed E-state index contributed by atoms with van der Waals surface area (Å²) >= 11 is 0. The van der Waals surface area contributed by atoms with Crippen molar-refractivity contribution in [3.8, 4) is 0 Å². The van der Waals surface area contributed by atoms with Crippen molar-refractivity contribution in [2.75, 3.05) is 5.32 Å². The molecule has 2 atom stereocenters. The van der Waals surface area contributed by atoms with E-state index in [0.717, 1.165) is 0 Å². The van der Waals surface area contributed by atoms with Gasteiger partial charge < -0.3 is 14.3 Å². The van der Waals surface area contributed by atoms with E-state index in [-0.39, 0.29) is 6.01 Å². The lowest BCUT2D eigenvalue weighted by molar-refractivity contribution is -0.150. The average molecular weight is 240 g/mol. The highest BCUT2D eigenvalue weighted by atomic mass is 16.5. The van der Waals surface area contributed by atoms with Gasteiger partial charge in [-0.3, -0.25) is 10.1 Å². The van der Waals surface area contributed by atoms with Gasteiger partial charge in [0, 0.05) is 0 Å². The summed E-state index contributed by atoms with van der Waals surface area (Å²) in [6.07, 6.45) is 0.450. The highest BCUT2D eigenvalue weighted by Crippen LogP contribution is 2.21. The number of hydrogen-bond acceptors (Lipinski definition) is 5. The zero-order chi connectivity index (χ0) is 12.4. The molecule has 0 aromatic carbocycles. The fraction of sp³-hybridized carbons (Fsp3) is 0.500. The largest absolute Gasteiger partial charge is 0.479 e. The van der Waals surface area contributed by atoms with Crippen molar-refractivity contribution in [3.63, 3.8) is 0 Å². The number of aromatic nitrogens is 1. The van der Waals surface area contributed by atoms with Gasteiger partial charge in [0.25, 0.3) is 5.91 Å². The van der Waals surface area contributed by atoms with Crippen molar-refractivity contribution in [1.82, 2.24) is 4.98 Å². The maximum atomic E-state index is 11.7. The first-order valence-electron chi connectivity index (χ1n) is 5.17. The van der Waals surface area contributed by atoms with E-state index in [4.69, 9.17) is 14.3 Å². The van der Waals surface area contributed by atoms with Gasteiger partial charge in [-0.2, -0.15) is 4.98 Å². The Kier molecular flexibility index (Phi) is 3.10. The van der Waals surface area contributed by atoms with E-state index in [1.807, 2.05) is 0 Å². The molecule has 0 unspecified atom stereocenters. The van der Waals surface area contributed by atoms with Gasteiger partial charge in [0.05, 0.1) is 5.69 Å². The summed E-state index contributed by atoms with van der Waals surface area (Å²) in [6, 6.07) is 0.0925. The van der Waals surface area contributed by atoms with Crippen LogP contribution in [0.1, 0.15) is 18.5 Å². The third-order valence-corrected chi connectivity index (χ3v) is 2.44. The lowest BCUT2D eigenvalue weighted by Crippen LogP contribution is -2.30. The molecule has 1 fully saturated rings. The molecule has 0 bridgehead atoms. The Labute approximate surface area is 96.8 Å². The highest BCUT2D eigenvalue weighted by Gasteiger charge is 2.35. The molecule has 2 N–H and O–H groups in total. The van der Waals surface area contributed by atoms with Crippen LogP contribution in [0.2, 0.25) is 0 Å². The van der Waals surface area contributed by atoms with Crippen LogP contribution in [0.15, 0.2) is 10.7 Å². The van der Waals surface area contributed by atoms with Crippen LogP contribution < -0.4 is 5.32 Å². The van der Waals surface area contributed by atoms with E-state index in [1.54, 1.807) is 6.92 Å². The van der Waals surface area contributed by atoms with Gasteiger partial charge in [-0.1, -0.05) is 0 Å². The molecule has 1 aromatic rings. The Morgan fingerprint density at radius 3 is 2.71 bits per heavy atom. The molecule has 2 heterocycles. The quantitative estimate of drug-likeness (QED) is 0.800. The van der Waals surface area contributed by atoms with Crippen LogP contribution in [0.4, 0.5) is 6.01 Å². The molecule has 0 spiro atoms. The smallest absolute Gasteiger partial charge is 0.332 e. The van der Waals surface area contributed by atoms with E-state index in [9.17, 15) is 9.59 Å². The van der Waals surface area contributed by atoms with Crippen molar-refractivity contribution in [2.45, 2.75) is 32.0 Å². The maximum absolute atomic E-state index is 11.7. The number of carbonyl (C=O) groups excluding carboxylic acids is 1. The fourth-order valence-electron chi connectivity index (χ4n) is 1.61. The molecular weight excluding hydrogens is 228 g/mol. The molecule has 1 aromatic heterocycles. The van der Waals surface area contributed by atoms with Crippen molar-refractivity contribution in [3.05, 3.63) is 12.0 Å². The molecule has 1 amide bonds. The molecule has 1 aliphatic rings. The summed E-state index contributed by atoms with van der Waals surface area (Å²) in [6.45, 7) is 1.73. The van der Waals surface area contributed by atoms with Gasteiger partial charge in [-0.05, 0) is 19.8 Å². The fourth-order valence-corrected chi connectivity index (χ4v) is 1.61. The number of nitrogens with zero attached hydrogens (tertiary/aromatic N) is 1. The second-order valence-electron chi connectivity index (χ2n) is 3.81. The normalized spacial score (nSPS) is 23.6. The van der Waals surface area contributed by atoms with E-state index < -0.39 is 24.1 Å². The number of hydrogen-bond donors (Lipinski definition) is 2. The van der Waals surface area contributed by atoms with Crippen LogP contribution in [0.5, 0.6) is 0 Å². The van der Waals surface area contributed by atoms with Crippen molar-refractivity contribution >= 4 is 17.9 Å². The number of oxazole rings is 1. The minimum absolute atomic E-state index is 0.0925. The first kappa shape index (κ1) is 11.6. The van der Waals surface area contributed by atoms with Crippen LogP contribution >= 0.6 is 0 Å². The monoisotopic (exact) mass is 240 g/mol. The number of aliphatic carboxylic acids is 1. The zero-order valence-corrected chi connectivity index (χ0v) is 9.17. The van der Waals surface area contributed by atoms with Gasteiger partial charge >= 0.3 is 12.0 Å². The predicted octanol–water partition coefficient (Wildman–Crippen LogP) is 0.554. The Morgan fingerprint density at radius 2 is 2.18 bits per heavy atom. The second kappa shape index (κ2) is 4.54. The summed E-state index contributed by atoms with van der Waals surface area (Å²) < 4.78 is 10.0. The second-order valence-corrected chi connectivity index (χ2v) is 3.81. The van der Waals surface area contributed by atoms with Crippen LogP contribution in [0, 0.1) is 6.92 Å². The molecular formula is C10H12N2O5. The van der Waals surface area contributed by atoms with E-state index >= 15 is 0 Å². The Balaban J connectivity index is 1.91. The first-order chi connectivity index (χ1) is 8.06. The Morgan fingerprint density at radius 1 is 1.47 bits per heavy atom. The summed E-state index contributed by atoms with van der Waals surface area (Å²) in [4.78, 5) is 26.2. The van der Waals surface area contributed by atoms with Gasteiger partial charge in [0.15, 0.2) is 6.10 Å². The van der Waals surface area contributed by atoms with Gasteiger partial charge in [-0.25, -0.2) is 4.79 Å². The summed E-state index contributed by atoms with van der Waals surface area (Å²) in [7, 11) is 0. The topological polar surface area (TPSA) is 102 Å². The molecule has 0 saturated carbocycles. The molecule has 7 nitrogen and oxygen atoms in total. The van der Waals surface area contributed by atoms with Crippen LogP contribution in [0.25, 0.3) is 0 Å². The SMILES string of the molecule is Cc1coc(NC(=O)[C@@H]2CC[C@H](C(=O)O)O2)n1. The van der Waals surface area contributed by atoms with E-state index in [2.05, 4.69) is 10.3 Å². The minimum atomic E-state index is -1.05. The molecule has 0 aliphatic carbocycles. The van der Waals surface area contributed by atoms with Crippen LogP contribution in [-0.2, 0) is 14.3 Å². The predicted molar refractivity (Wildman–Crippen MR) is 55.4 cm³/mol. The highest BCUT2D eigenvalue weighted by molar-refractivity contribution is 5.93. The number of carboxylic acid groups (broad SMARTS) is 1. The lowest BCUT2D eigenvalue weighted by Gasteiger charge is -2.09. The molecule has 17 heavy (non-hydrogen) atoms. The number of anilines is 1. The van der Waals surface area contributed by atoms with Gasteiger partial charge in [-0.15, -0.1) is 0 Å². The van der Waals surface area contributed by atoms with Crippen molar-refractivity contribution in [2.24, 2.45) is 0 Å². The van der Waals surface area contributed by atoms with Gasteiger partial charge in [0.2, 0.25) is 0 Å². The molecule has 0 radical (unpaired) electrons. The third-order valence-electron chi connectivity index (χ3n) is 2.44. The number of carbonyl (C=O) groups is 2. The number of amides is 1. The maximum Gasteiger partial charge on any atom is 0.332 e. The Hall–Kier alpha value is -1.89. The average Bonchev–Trinajstić information content (AvgIpc) is 2.86. The number of carboxylic acids is 1. The lowest BCUT2D eigenvalue weighted by atomic mass is 10.2. The number of ether oxygens (including phenoxy) is 1. The Bertz CT molecular complexity index is 442. The molecule has 2 rings (SSSR count). The third kappa shape index (κ3) is 2.62. The standard InChI is InChI=1S/C10H12N2O5/c1-5-4-16-10(11-5)12-8(13)6-2-3-7(17-6)9(14)15/h4,6-7H,2-3H2,1H3,(H,14,15)(H,11,12,13)/t6-,7+/m0/s1. The molecule has 7 heteroatoms. The number of rotatable bonds is 3. The van der Waals surface area contributed by atoms with Crippen molar-refractivity contribution in [1.29, 1.82) is 0 Å².